The smallest absolute Gasteiger partial charge is 0.220 e. The Balaban J connectivity index is 2.22. The number of alkyl halides is 1. The van der Waals surface area contributed by atoms with Crippen molar-refractivity contribution in [3.05, 3.63) is 23.6 Å². The predicted molar refractivity (Wildman–Crippen MR) is 58.6 cm³/mol. The normalized spacial score (nSPS) is 32.6. The Morgan fingerprint density at radius 3 is 3.12 bits per heavy atom. The summed E-state index contributed by atoms with van der Waals surface area (Å²) in [4.78, 5) is 11.6. The fourth-order valence-corrected chi connectivity index (χ4v) is 1.88. The fourth-order valence-electron chi connectivity index (χ4n) is 1.88. The molecule has 2 rings (SSSR count). The van der Waals surface area contributed by atoms with Crippen LogP contribution in [-0.2, 0) is 9.53 Å². The number of rotatable bonds is 2. The quantitative estimate of drug-likeness (QED) is 0.600. The van der Waals surface area contributed by atoms with Crippen molar-refractivity contribution < 1.29 is 19.0 Å². The molecule has 1 aliphatic carbocycles. The lowest BCUT2D eigenvalue weighted by molar-refractivity contribution is -0.119. The third-order valence-electron chi connectivity index (χ3n) is 2.84. The van der Waals surface area contributed by atoms with Crippen LogP contribution in [0.2, 0.25) is 0 Å². The Labute approximate surface area is 98.1 Å². The molecule has 0 aromatic heterocycles. The van der Waals surface area contributed by atoms with Crippen LogP contribution in [0.25, 0.3) is 0 Å². The minimum atomic E-state index is -1.63. The number of halogens is 1. The van der Waals surface area contributed by atoms with Gasteiger partial charge in [-0.25, -0.2) is 4.39 Å². The molecule has 0 amide bonds. The van der Waals surface area contributed by atoms with Gasteiger partial charge in [-0.3, -0.25) is 4.79 Å². The summed E-state index contributed by atoms with van der Waals surface area (Å²) in [5, 5.41) is 11.7. The Bertz CT molecular complexity index is 381. The van der Waals surface area contributed by atoms with Gasteiger partial charge >= 0.3 is 0 Å². The molecule has 0 spiro atoms. The maximum Gasteiger partial charge on any atom is 0.220 e. The van der Waals surface area contributed by atoms with Gasteiger partial charge in [0.1, 0.15) is 17.6 Å². The molecule has 0 saturated heterocycles. The van der Waals surface area contributed by atoms with Crippen molar-refractivity contribution in [3.63, 3.8) is 0 Å². The van der Waals surface area contributed by atoms with Crippen molar-refractivity contribution in [1.29, 1.82) is 0 Å². The molecule has 6 heteroatoms. The second-order valence-corrected chi connectivity index (χ2v) is 4.08. The van der Waals surface area contributed by atoms with E-state index >= 15 is 0 Å². The summed E-state index contributed by atoms with van der Waals surface area (Å²) in [6.45, 7) is 0.264. The summed E-state index contributed by atoms with van der Waals surface area (Å²) in [6.07, 6.45) is 0.941. The van der Waals surface area contributed by atoms with E-state index in [1.807, 2.05) is 0 Å². The van der Waals surface area contributed by atoms with Crippen molar-refractivity contribution in [2.75, 3.05) is 13.2 Å². The summed E-state index contributed by atoms with van der Waals surface area (Å²) < 4.78 is 18.7. The van der Waals surface area contributed by atoms with E-state index in [2.05, 4.69) is 5.32 Å². The lowest BCUT2D eigenvalue weighted by atomic mass is 10.1. The zero-order chi connectivity index (χ0) is 12.4. The number of carbonyl (C=O) groups is 1. The molecular weight excluding hydrogens is 227 g/mol. The summed E-state index contributed by atoms with van der Waals surface area (Å²) in [5.74, 6) is -0.338. The van der Waals surface area contributed by atoms with E-state index in [1.165, 1.54) is 6.08 Å². The van der Waals surface area contributed by atoms with Crippen LogP contribution in [-0.4, -0.2) is 42.4 Å². The number of allylic oxidation sites excluding steroid dienone is 3. The van der Waals surface area contributed by atoms with Crippen molar-refractivity contribution in [3.8, 4) is 0 Å². The molecule has 0 fully saturated rings. The second-order valence-electron chi connectivity index (χ2n) is 4.08. The Morgan fingerprint density at radius 2 is 2.41 bits per heavy atom. The van der Waals surface area contributed by atoms with Gasteiger partial charge in [0, 0.05) is 19.6 Å². The number of hydrogen-bond acceptors (Lipinski definition) is 5. The zero-order valence-electron chi connectivity index (χ0n) is 9.23. The Hall–Kier alpha value is -1.40. The molecular formula is C11H15FN2O3. The Morgan fingerprint density at radius 1 is 1.65 bits per heavy atom. The summed E-state index contributed by atoms with van der Waals surface area (Å²) in [7, 11) is 0. The number of ether oxygens (including phenoxy) is 1. The van der Waals surface area contributed by atoms with E-state index < -0.39 is 12.0 Å². The number of ketones is 1. The third-order valence-corrected chi connectivity index (χ3v) is 2.84. The molecule has 0 radical (unpaired) electrons. The standard InChI is InChI=1S/C11H15FN2O3/c12-6-1-2-9-10(11(6)16)14-5-7(13)8(17-9)3-4-15/h1-2,6-8,14-15H,3-5,13H2. The molecule has 2 aliphatic rings. The number of aliphatic hydroxyl groups is 1. The maximum absolute atomic E-state index is 13.2. The minimum absolute atomic E-state index is 0.0512. The van der Waals surface area contributed by atoms with Crippen LogP contribution < -0.4 is 11.1 Å². The Kier molecular flexibility index (Phi) is 3.44. The van der Waals surface area contributed by atoms with Crippen LogP contribution in [0.5, 0.6) is 0 Å². The molecule has 3 atom stereocenters. The fraction of sp³-hybridized carbons (Fsp3) is 0.545. The topological polar surface area (TPSA) is 84.6 Å². The molecule has 3 unspecified atom stereocenters. The highest BCUT2D eigenvalue weighted by Crippen LogP contribution is 2.22. The average Bonchev–Trinajstić information content (AvgIpc) is 2.46. The van der Waals surface area contributed by atoms with E-state index in [-0.39, 0.29) is 24.4 Å². The van der Waals surface area contributed by atoms with Crippen molar-refractivity contribution in [2.24, 2.45) is 5.73 Å². The van der Waals surface area contributed by atoms with E-state index in [1.54, 1.807) is 0 Å². The van der Waals surface area contributed by atoms with Crippen LogP contribution in [0.4, 0.5) is 4.39 Å². The summed E-state index contributed by atoms with van der Waals surface area (Å²) in [6, 6.07) is -0.355. The van der Waals surface area contributed by atoms with Crippen LogP contribution >= 0.6 is 0 Å². The lowest BCUT2D eigenvalue weighted by Gasteiger charge is -2.22. The number of nitrogens with one attached hydrogen (secondary N) is 1. The van der Waals surface area contributed by atoms with E-state index in [9.17, 15) is 9.18 Å². The van der Waals surface area contributed by atoms with Gasteiger partial charge < -0.3 is 20.9 Å². The van der Waals surface area contributed by atoms with E-state index in [4.69, 9.17) is 15.6 Å². The van der Waals surface area contributed by atoms with E-state index in [0.29, 0.717) is 18.7 Å². The van der Waals surface area contributed by atoms with E-state index in [0.717, 1.165) is 6.08 Å². The lowest BCUT2D eigenvalue weighted by Crippen LogP contribution is -2.43. The highest BCUT2D eigenvalue weighted by Gasteiger charge is 2.32. The van der Waals surface area contributed by atoms with Crippen LogP contribution in [0.1, 0.15) is 6.42 Å². The monoisotopic (exact) mass is 242 g/mol. The van der Waals surface area contributed by atoms with Gasteiger partial charge in [-0.1, -0.05) is 0 Å². The van der Waals surface area contributed by atoms with Gasteiger partial charge in [-0.05, 0) is 12.2 Å². The number of aliphatic hydroxyl groups excluding tert-OH is 1. The molecule has 1 aliphatic heterocycles. The summed E-state index contributed by atoms with van der Waals surface area (Å²) >= 11 is 0. The zero-order valence-corrected chi connectivity index (χ0v) is 9.23. The SMILES string of the molecule is NC1CNC2=C(C=CC(F)C2=O)OC1CCO. The van der Waals surface area contributed by atoms with Gasteiger partial charge in [0.25, 0.3) is 0 Å². The highest BCUT2D eigenvalue weighted by molar-refractivity contribution is 6.01. The van der Waals surface area contributed by atoms with Crippen LogP contribution in [0, 0.1) is 0 Å². The first kappa shape index (κ1) is 12.1. The van der Waals surface area contributed by atoms with Gasteiger partial charge in [-0.15, -0.1) is 0 Å². The summed E-state index contributed by atoms with van der Waals surface area (Å²) in [5.41, 5.74) is 5.98. The molecule has 17 heavy (non-hydrogen) atoms. The van der Waals surface area contributed by atoms with Crippen molar-refractivity contribution >= 4 is 5.78 Å². The number of carbonyl (C=O) groups excluding carboxylic acids is 1. The van der Waals surface area contributed by atoms with Crippen LogP contribution in [0.15, 0.2) is 23.6 Å². The molecule has 5 nitrogen and oxygen atoms in total. The van der Waals surface area contributed by atoms with Gasteiger partial charge in [-0.2, -0.15) is 0 Å². The largest absolute Gasteiger partial charge is 0.486 e. The molecule has 0 saturated carbocycles. The van der Waals surface area contributed by atoms with Gasteiger partial charge in [0.2, 0.25) is 5.78 Å². The second kappa shape index (κ2) is 4.85. The first-order chi connectivity index (χ1) is 8.13. The molecule has 0 aromatic rings. The first-order valence-electron chi connectivity index (χ1n) is 5.51. The number of hydrogen-bond donors (Lipinski definition) is 3. The molecule has 1 heterocycles. The number of Topliss-reactive ketones (excluding diaryl/α,β-unsaturated/α-hetero) is 1. The van der Waals surface area contributed by atoms with Crippen molar-refractivity contribution in [1.82, 2.24) is 5.32 Å². The number of nitrogens with two attached hydrogens (primary N) is 1. The molecule has 0 bridgehead atoms. The first-order valence-corrected chi connectivity index (χ1v) is 5.51. The van der Waals surface area contributed by atoms with Crippen LogP contribution in [0.3, 0.4) is 0 Å². The highest BCUT2D eigenvalue weighted by atomic mass is 19.1. The maximum atomic E-state index is 13.2. The molecule has 94 valence electrons. The van der Waals surface area contributed by atoms with Gasteiger partial charge in [0.15, 0.2) is 6.17 Å². The molecule has 4 N–H and O–H groups in total. The van der Waals surface area contributed by atoms with Gasteiger partial charge in [0.05, 0.1) is 6.04 Å². The van der Waals surface area contributed by atoms with Crippen molar-refractivity contribution in [2.45, 2.75) is 24.7 Å². The predicted octanol–water partition coefficient (Wildman–Crippen LogP) is -0.627. The minimum Gasteiger partial charge on any atom is -0.486 e. The average molecular weight is 242 g/mol. The third kappa shape index (κ3) is 2.32. The molecule has 0 aromatic carbocycles.